The third-order valence-electron chi connectivity index (χ3n) is 3.12. The predicted octanol–water partition coefficient (Wildman–Crippen LogP) is 3.67. The lowest BCUT2D eigenvalue weighted by atomic mass is 9.84. The number of allylic oxidation sites excluding steroid dienone is 3. The van der Waals surface area contributed by atoms with Gasteiger partial charge in [-0.15, -0.1) is 6.58 Å². The first kappa shape index (κ1) is 12.9. The summed E-state index contributed by atoms with van der Waals surface area (Å²) in [4.78, 5) is 0. The minimum absolute atomic E-state index is 0.267. The van der Waals surface area contributed by atoms with Crippen molar-refractivity contribution in [2.45, 2.75) is 26.2 Å². The topological polar surface area (TPSA) is 18.5 Å². The SMILES string of the molecule is C=CCCC(C)C1C(OC)=CCC=C1OC. The second-order valence-corrected chi connectivity index (χ2v) is 4.18. The van der Waals surface area contributed by atoms with Crippen LogP contribution >= 0.6 is 0 Å². The fourth-order valence-corrected chi connectivity index (χ4v) is 2.21. The van der Waals surface area contributed by atoms with Gasteiger partial charge in [0.15, 0.2) is 0 Å². The zero-order chi connectivity index (χ0) is 12.0. The van der Waals surface area contributed by atoms with E-state index in [4.69, 9.17) is 9.47 Å². The third kappa shape index (κ3) is 2.91. The Morgan fingerprint density at radius 2 is 1.94 bits per heavy atom. The summed E-state index contributed by atoms with van der Waals surface area (Å²) in [7, 11) is 3.47. The molecule has 2 nitrogen and oxygen atoms in total. The van der Waals surface area contributed by atoms with Gasteiger partial charge in [0, 0.05) is 0 Å². The minimum atomic E-state index is 0.267. The van der Waals surface area contributed by atoms with Crippen LogP contribution in [0.25, 0.3) is 0 Å². The van der Waals surface area contributed by atoms with Gasteiger partial charge in [-0.2, -0.15) is 0 Å². The van der Waals surface area contributed by atoms with Gasteiger partial charge in [0.1, 0.15) is 11.5 Å². The quantitative estimate of drug-likeness (QED) is 0.638. The van der Waals surface area contributed by atoms with E-state index in [2.05, 4.69) is 25.7 Å². The van der Waals surface area contributed by atoms with Gasteiger partial charge < -0.3 is 9.47 Å². The molecule has 1 aliphatic carbocycles. The molecular formula is C14H22O2. The molecule has 0 aromatic carbocycles. The van der Waals surface area contributed by atoms with E-state index in [1.165, 1.54) is 0 Å². The molecule has 0 bridgehead atoms. The number of methoxy groups -OCH3 is 2. The molecule has 1 aliphatic rings. The molecule has 90 valence electrons. The van der Waals surface area contributed by atoms with Crippen LogP contribution in [-0.4, -0.2) is 14.2 Å². The second-order valence-electron chi connectivity index (χ2n) is 4.18. The van der Waals surface area contributed by atoms with E-state index in [0.29, 0.717) is 5.92 Å². The van der Waals surface area contributed by atoms with Crippen LogP contribution in [0, 0.1) is 11.8 Å². The maximum Gasteiger partial charge on any atom is 0.103 e. The van der Waals surface area contributed by atoms with Gasteiger partial charge in [-0.1, -0.05) is 13.0 Å². The summed E-state index contributed by atoms with van der Waals surface area (Å²) in [6.45, 7) is 6.00. The molecule has 0 amide bonds. The second kappa shape index (κ2) is 6.41. The summed E-state index contributed by atoms with van der Waals surface area (Å²) in [6.07, 6.45) is 9.28. The lowest BCUT2D eigenvalue weighted by Gasteiger charge is -2.29. The number of rotatable bonds is 6. The fourth-order valence-electron chi connectivity index (χ4n) is 2.21. The van der Waals surface area contributed by atoms with E-state index < -0.39 is 0 Å². The summed E-state index contributed by atoms with van der Waals surface area (Å²) < 4.78 is 10.9. The zero-order valence-corrected chi connectivity index (χ0v) is 10.5. The Hall–Kier alpha value is -1.18. The monoisotopic (exact) mass is 222 g/mol. The highest BCUT2D eigenvalue weighted by molar-refractivity contribution is 5.21. The summed E-state index contributed by atoms with van der Waals surface area (Å²) in [5, 5.41) is 0. The van der Waals surface area contributed by atoms with E-state index in [1.807, 2.05) is 6.08 Å². The Morgan fingerprint density at radius 3 is 2.38 bits per heavy atom. The van der Waals surface area contributed by atoms with Gasteiger partial charge >= 0.3 is 0 Å². The maximum absolute atomic E-state index is 5.45. The molecule has 0 radical (unpaired) electrons. The standard InChI is InChI=1S/C14H22O2/c1-5-6-8-11(2)14-12(15-3)9-7-10-13(14)16-4/h5,9-11,14H,1,6-8H2,2-4H3. The average molecular weight is 222 g/mol. The number of hydrogen-bond donors (Lipinski definition) is 0. The van der Waals surface area contributed by atoms with E-state index in [0.717, 1.165) is 30.8 Å². The molecule has 1 unspecified atom stereocenters. The fraction of sp³-hybridized carbons (Fsp3) is 0.571. The Kier molecular flexibility index (Phi) is 5.17. The third-order valence-corrected chi connectivity index (χ3v) is 3.12. The molecule has 0 saturated carbocycles. The molecule has 16 heavy (non-hydrogen) atoms. The van der Waals surface area contributed by atoms with Crippen molar-refractivity contribution in [2.75, 3.05) is 14.2 Å². The van der Waals surface area contributed by atoms with Crippen molar-refractivity contribution < 1.29 is 9.47 Å². The van der Waals surface area contributed by atoms with Crippen LogP contribution in [0.1, 0.15) is 26.2 Å². The van der Waals surface area contributed by atoms with Gasteiger partial charge in [0.2, 0.25) is 0 Å². The molecule has 0 saturated heterocycles. The molecule has 0 aromatic rings. The molecule has 1 atom stereocenters. The van der Waals surface area contributed by atoms with E-state index in [-0.39, 0.29) is 5.92 Å². The smallest absolute Gasteiger partial charge is 0.103 e. The lowest BCUT2D eigenvalue weighted by Crippen LogP contribution is -2.21. The summed E-state index contributed by atoms with van der Waals surface area (Å²) in [5.74, 6) is 2.85. The van der Waals surface area contributed by atoms with E-state index in [1.54, 1.807) is 14.2 Å². The summed E-state index contributed by atoms with van der Waals surface area (Å²) in [6, 6.07) is 0. The first-order chi connectivity index (χ1) is 7.74. The average Bonchev–Trinajstić information content (AvgIpc) is 2.34. The molecule has 0 aliphatic heterocycles. The Balaban J connectivity index is 2.76. The Labute approximate surface area is 98.6 Å². The molecule has 0 N–H and O–H groups in total. The van der Waals surface area contributed by atoms with Crippen LogP contribution in [0.15, 0.2) is 36.3 Å². The Morgan fingerprint density at radius 1 is 1.38 bits per heavy atom. The van der Waals surface area contributed by atoms with E-state index >= 15 is 0 Å². The van der Waals surface area contributed by atoms with Crippen LogP contribution in [0.5, 0.6) is 0 Å². The first-order valence-corrected chi connectivity index (χ1v) is 5.83. The molecule has 0 aromatic heterocycles. The van der Waals surface area contributed by atoms with Crippen molar-refractivity contribution in [3.05, 3.63) is 36.3 Å². The van der Waals surface area contributed by atoms with Gasteiger partial charge in [-0.3, -0.25) is 0 Å². The van der Waals surface area contributed by atoms with Crippen LogP contribution in [0.3, 0.4) is 0 Å². The molecule has 0 spiro atoms. The largest absolute Gasteiger partial charge is 0.501 e. The van der Waals surface area contributed by atoms with Crippen LogP contribution < -0.4 is 0 Å². The molecule has 0 heterocycles. The molecule has 1 rings (SSSR count). The van der Waals surface area contributed by atoms with Crippen molar-refractivity contribution in [2.24, 2.45) is 11.8 Å². The number of hydrogen-bond acceptors (Lipinski definition) is 2. The molecule has 2 heteroatoms. The highest BCUT2D eigenvalue weighted by atomic mass is 16.5. The summed E-state index contributed by atoms with van der Waals surface area (Å²) >= 11 is 0. The van der Waals surface area contributed by atoms with Gasteiger partial charge in [0.25, 0.3) is 0 Å². The highest BCUT2D eigenvalue weighted by Crippen LogP contribution is 2.35. The summed E-state index contributed by atoms with van der Waals surface area (Å²) in [5.41, 5.74) is 0. The highest BCUT2D eigenvalue weighted by Gasteiger charge is 2.28. The van der Waals surface area contributed by atoms with Crippen molar-refractivity contribution >= 4 is 0 Å². The molecule has 0 fully saturated rings. The van der Waals surface area contributed by atoms with Crippen molar-refractivity contribution in [1.82, 2.24) is 0 Å². The van der Waals surface area contributed by atoms with Gasteiger partial charge in [-0.25, -0.2) is 0 Å². The predicted molar refractivity (Wildman–Crippen MR) is 66.9 cm³/mol. The van der Waals surface area contributed by atoms with Crippen molar-refractivity contribution in [3.63, 3.8) is 0 Å². The van der Waals surface area contributed by atoms with Crippen LogP contribution in [-0.2, 0) is 9.47 Å². The van der Waals surface area contributed by atoms with Gasteiger partial charge in [0.05, 0.1) is 20.1 Å². The maximum atomic E-state index is 5.45. The number of ether oxygens (including phenoxy) is 2. The minimum Gasteiger partial charge on any atom is -0.501 e. The van der Waals surface area contributed by atoms with Crippen LogP contribution in [0.4, 0.5) is 0 Å². The zero-order valence-electron chi connectivity index (χ0n) is 10.5. The van der Waals surface area contributed by atoms with E-state index in [9.17, 15) is 0 Å². The molecular weight excluding hydrogens is 200 g/mol. The van der Waals surface area contributed by atoms with Crippen LogP contribution in [0.2, 0.25) is 0 Å². The van der Waals surface area contributed by atoms with Gasteiger partial charge in [-0.05, 0) is 37.3 Å². The Bertz CT molecular complexity index is 269. The van der Waals surface area contributed by atoms with Crippen molar-refractivity contribution in [1.29, 1.82) is 0 Å². The normalized spacial score (nSPS) is 18.4. The first-order valence-electron chi connectivity index (χ1n) is 5.83. The van der Waals surface area contributed by atoms with Crippen molar-refractivity contribution in [3.8, 4) is 0 Å². The lowest BCUT2D eigenvalue weighted by molar-refractivity contribution is 0.157.